The molecule has 0 aliphatic carbocycles. The Bertz CT molecular complexity index is 888. The van der Waals surface area contributed by atoms with Crippen molar-refractivity contribution in [3.63, 3.8) is 0 Å². The summed E-state index contributed by atoms with van der Waals surface area (Å²) in [6.07, 6.45) is 0. The largest absolute Gasteiger partial charge is 0.450 e. The van der Waals surface area contributed by atoms with E-state index in [1.807, 2.05) is 18.2 Å². The molecule has 22 heavy (non-hydrogen) atoms. The summed E-state index contributed by atoms with van der Waals surface area (Å²) in [5.41, 5.74) is 0.815. The van der Waals surface area contributed by atoms with Gasteiger partial charge in [0, 0.05) is 23.2 Å². The number of benzene rings is 2. The summed E-state index contributed by atoms with van der Waals surface area (Å²) >= 11 is 3.35. The maximum Gasteiger partial charge on any atom is 0.291 e. The summed E-state index contributed by atoms with van der Waals surface area (Å²) in [6.45, 7) is 0. The van der Waals surface area contributed by atoms with Crippen LogP contribution in [0.3, 0.4) is 0 Å². The van der Waals surface area contributed by atoms with Gasteiger partial charge >= 0.3 is 0 Å². The van der Waals surface area contributed by atoms with Crippen LogP contribution in [0.15, 0.2) is 57.4 Å². The molecule has 7 heteroatoms. The first-order chi connectivity index (χ1) is 10.5. The van der Waals surface area contributed by atoms with Gasteiger partial charge in [0.15, 0.2) is 5.76 Å². The van der Waals surface area contributed by atoms with Crippen LogP contribution in [0.5, 0.6) is 0 Å². The van der Waals surface area contributed by atoms with Crippen LogP contribution in [0.2, 0.25) is 0 Å². The first kappa shape index (κ1) is 14.3. The van der Waals surface area contributed by atoms with Crippen molar-refractivity contribution in [2.45, 2.75) is 0 Å². The lowest BCUT2D eigenvalue weighted by Gasteiger charge is -2.02. The van der Waals surface area contributed by atoms with Gasteiger partial charge in [-0.15, -0.1) is 0 Å². The fourth-order valence-corrected chi connectivity index (χ4v) is 2.49. The van der Waals surface area contributed by atoms with Gasteiger partial charge in [-0.1, -0.05) is 18.2 Å². The molecular weight excluding hydrogens is 352 g/mol. The molecule has 1 N–H and O–H groups in total. The number of para-hydroxylation sites is 1. The van der Waals surface area contributed by atoms with Gasteiger partial charge in [-0.2, -0.15) is 0 Å². The molecule has 3 aromatic rings. The van der Waals surface area contributed by atoms with Crippen molar-refractivity contribution in [1.82, 2.24) is 0 Å². The average molecular weight is 361 g/mol. The highest BCUT2D eigenvalue weighted by molar-refractivity contribution is 9.10. The molecule has 110 valence electrons. The smallest absolute Gasteiger partial charge is 0.291 e. The number of halogens is 1. The molecule has 0 bridgehead atoms. The van der Waals surface area contributed by atoms with E-state index in [9.17, 15) is 14.9 Å². The van der Waals surface area contributed by atoms with E-state index in [-0.39, 0.29) is 11.4 Å². The molecule has 0 unspecified atom stereocenters. The van der Waals surface area contributed by atoms with Gasteiger partial charge < -0.3 is 9.73 Å². The number of nitrogens with zero attached hydrogens (tertiary/aromatic N) is 1. The summed E-state index contributed by atoms with van der Waals surface area (Å²) in [5, 5.41) is 14.1. The number of carbonyl (C=O) groups is 1. The molecule has 0 atom stereocenters. The second-order valence-corrected chi connectivity index (χ2v) is 5.38. The third-order valence-electron chi connectivity index (χ3n) is 3.03. The van der Waals surface area contributed by atoms with Gasteiger partial charge in [0.1, 0.15) is 5.58 Å². The molecule has 6 nitrogen and oxygen atoms in total. The molecule has 2 aromatic carbocycles. The Balaban J connectivity index is 1.88. The molecule has 1 amide bonds. The predicted octanol–water partition coefficient (Wildman–Crippen LogP) is 4.36. The lowest BCUT2D eigenvalue weighted by Crippen LogP contribution is -2.10. The zero-order valence-electron chi connectivity index (χ0n) is 11.1. The minimum Gasteiger partial charge on any atom is -0.450 e. The second kappa shape index (κ2) is 5.61. The van der Waals surface area contributed by atoms with E-state index >= 15 is 0 Å². The SMILES string of the molecule is O=C(Nc1cccc([N+](=O)[O-])c1)c1cc2cccc(Br)c2o1. The molecule has 0 radical (unpaired) electrons. The fraction of sp³-hybridized carbons (Fsp3) is 0. The van der Waals surface area contributed by atoms with E-state index in [4.69, 9.17) is 4.42 Å². The number of fused-ring (bicyclic) bond motifs is 1. The zero-order valence-corrected chi connectivity index (χ0v) is 12.7. The molecule has 1 heterocycles. The first-order valence-corrected chi connectivity index (χ1v) is 7.08. The first-order valence-electron chi connectivity index (χ1n) is 6.28. The number of nitrogens with one attached hydrogen (secondary N) is 1. The summed E-state index contributed by atoms with van der Waals surface area (Å²) in [6, 6.07) is 12.8. The van der Waals surface area contributed by atoms with Crippen molar-refractivity contribution < 1.29 is 14.1 Å². The number of anilines is 1. The van der Waals surface area contributed by atoms with Crippen LogP contribution in [0.4, 0.5) is 11.4 Å². The normalized spacial score (nSPS) is 10.6. The number of amides is 1. The van der Waals surface area contributed by atoms with Gasteiger partial charge in [0.25, 0.3) is 11.6 Å². The van der Waals surface area contributed by atoms with Crippen molar-refractivity contribution in [2.24, 2.45) is 0 Å². The van der Waals surface area contributed by atoms with E-state index in [1.54, 1.807) is 12.1 Å². The van der Waals surface area contributed by atoms with Gasteiger partial charge in [-0.25, -0.2) is 0 Å². The lowest BCUT2D eigenvalue weighted by molar-refractivity contribution is -0.384. The second-order valence-electron chi connectivity index (χ2n) is 4.53. The summed E-state index contributed by atoms with van der Waals surface area (Å²) in [7, 11) is 0. The Hall–Kier alpha value is -2.67. The van der Waals surface area contributed by atoms with E-state index in [0.717, 1.165) is 9.86 Å². The quantitative estimate of drug-likeness (QED) is 0.555. The van der Waals surface area contributed by atoms with Crippen LogP contribution in [-0.4, -0.2) is 10.8 Å². The molecule has 0 aliphatic heterocycles. The van der Waals surface area contributed by atoms with Crippen molar-refractivity contribution >= 4 is 44.2 Å². The average Bonchev–Trinajstić information content (AvgIpc) is 2.93. The van der Waals surface area contributed by atoms with Gasteiger partial charge in [-0.05, 0) is 34.1 Å². The van der Waals surface area contributed by atoms with Crippen molar-refractivity contribution in [1.29, 1.82) is 0 Å². The maximum absolute atomic E-state index is 12.2. The highest BCUT2D eigenvalue weighted by Crippen LogP contribution is 2.27. The van der Waals surface area contributed by atoms with Gasteiger partial charge in [0.05, 0.1) is 9.40 Å². The highest BCUT2D eigenvalue weighted by Gasteiger charge is 2.15. The van der Waals surface area contributed by atoms with E-state index in [0.29, 0.717) is 11.3 Å². The summed E-state index contributed by atoms with van der Waals surface area (Å²) in [5.74, 6) is -0.336. The topological polar surface area (TPSA) is 85.4 Å². The molecule has 1 aromatic heterocycles. The number of hydrogen-bond acceptors (Lipinski definition) is 4. The Morgan fingerprint density at radius 1 is 1.18 bits per heavy atom. The number of hydrogen-bond donors (Lipinski definition) is 1. The highest BCUT2D eigenvalue weighted by atomic mass is 79.9. The van der Waals surface area contributed by atoms with Crippen LogP contribution in [0.25, 0.3) is 11.0 Å². The third-order valence-corrected chi connectivity index (χ3v) is 3.66. The minimum absolute atomic E-state index is 0.0925. The number of furan rings is 1. The van der Waals surface area contributed by atoms with Crippen LogP contribution in [-0.2, 0) is 0 Å². The Morgan fingerprint density at radius 2 is 1.95 bits per heavy atom. The molecule has 0 aliphatic rings. The maximum atomic E-state index is 12.2. The van der Waals surface area contributed by atoms with Crippen molar-refractivity contribution in [2.75, 3.05) is 5.32 Å². The molecule has 0 saturated heterocycles. The van der Waals surface area contributed by atoms with E-state index in [2.05, 4.69) is 21.2 Å². The van der Waals surface area contributed by atoms with Crippen LogP contribution < -0.4 is 5.32 Å². The van der Waals surface area contributed by atoms with Gasteiger partial charge in [-0.3, -0.25) is 14.9 Å². The molecule has 0 saturated carbocycles. The fourth-order valence-electron chi connectivity index (χ4n) is 2.03. The Kier molecular flexibility index (Phi) is 3.64. The monoisotopic (exact) mass is 360 g/mol. The minimum atomic E-state index is -0.520. The molecule has 0 spiro atoms. The number of carbonyl (C=O) groups excluding carboxylic acids is 1. The standard InChI is InChI=1S/C15H9BrN2O4/c16-12-6-1-3-9-7-13(22-14(9)12)15(19)17-10-4-2-5-11(8-10)18(20)21/h1-8H,(H,17,19). The molecule has 3 rings (SSSR count). The van der Waals surface area contributed by atoms with Crippen LogP contribution in [0, 0.1) is 10.1 Å². The third kappa shape index (κ3) is 2.71. The Labute approximate surface area is 133 Å². The Morgan fingerprint density at radius 3 is 2.68 bits per heavy atom. The predicted molar refractivity (Wildman–Crippen MR) is 85.0 cm³/mol. The lowest BCUT2D eigenvalue weighted by atomic mass is 10.2. The number of rotatable bonds is 3. The van der Waals surface area contributed by atoms with Crippen LogP contribution >= 0.6 is 15.9 Å². The number of nitro benzene ring substituents is 1. The number of non-ortho nitro benzene ring substituents is 1. The van der Waals surface area contributed by atoms with Crippen molar-refractivity contribution in [3.8, 4) is 0 Å². The van der Waals surface area contributed by atoms with Crippen molar-refractivity contribution in [3.05, 3.63) is 68.9 Å². The number of nitro groups is 1. The zero-order chi connectivity index (χ0) is 15.7. The molecular formula is C15H9BrN2O4. The van der Waals surface area contributed by atoms with E-state index < -0.39 is 10.8 Å². The molecule has 0 fully saturated rings. The van der Waals surface area contributed by atoms with Crippen LogP contribution in [0.1, 0.15) is 10.6 Å². The van der Waals surface area contributed by atoms with Gasteiger partial charge in [0.2, 0.25) is 0 Å². The summed E-state index contributed by atoms with van der Waals surface area (Å²) < 4.78 is 6.27. The summed E-state index contributed by atoms with van der Waals surface area (Å²) in [4.78, 5) is 22.4. The van der Waals surface area contributed by atoms with E-state index in [1.165, 1.54) is 18.2 Å².